The number of benzene rings is 2. The van der Waals surface area contributed by atoms with Crippen LogP contribution in [0.1, 0.15) is 15.9 Å². The van der Waals surface area contributed by atoms with Crippen LogP contribution in [0.5, 0.6) is 0 Å². The lowest BCUT2D eigenvalue weighted by molar-refractivity contribution is 0.102. The zero-order chi connectivity index (χ0) is 21.2. The predicted molar refractivity (Wildman–Crippen MR) is 108 cm³/mol. The van der Waals surface area contributed by atoms with Crippen molar-refractivity contribution in [2.75, 3.05) is 5.32 Å². The average Bonchev–Trinajstić information content (AvgIpc) is 2.66. The van der Waals surface area contributed by atoms with Gasteiger partial charge in [0, 0.05) is 10.6 Å². The Labute approximate surface area is 174 Å². The van der Waals surface area contributed by atoms with E-state index in [0.29, 0.717) is 5.69 Å². The second kappa shape index (κ2) is 8.29. The molecule has 3 amide bonds. The second-order valence-corrected chi connectivity index (χ2v) is 8.77. The summed E-state index contributed by atoms with van der Waals surface area (Å²) in [5.74, 6) is -0.573. The highest BCUT2D eigenvalue weighted by atomic mass is 35.5. The van der Waals surface area contributed by atoms with Gasteiger partial charge in [0.2, 0.25) is 0 Å². The summed E-state index contributed by atoms with van der Waals surface area (Å²) in [7, 11) is -4.17. The van der Waals surface area contributed by atoms with E-state index in [1.807, 2.05) is 24.5 Å². The summed E-state index contributed by atoms with van der Waals surface area (Å²) in [5.41, 5.74) is 7.06. The highest BCUT2D eigenvalue weighted by molar-refractivity contribution is 8.15. The number of urea groups is 1. The number of hydrazine groups is 1. The van der Waals surface area contributed by atoms with Crippen molar-refractivity contribution >= 4 is 56.2 Å². The van der Waals surface area contributed by atoms with Crippen LogP contribution in [-0.4, -0.2) is 30.7 Å². The van der Waals surface area contributed by atoms with Crippen LogP contribution in [0.2, 0.25) is 5.02 Å². The molecule has 0 saturated carbocycles. The Kier molecular flexibility index (Phi) is 5.98. The molecule has 0 spiro atoms. The summed E-state index contributed by atoms with van der Waals surface area (Å²) in [6, 6.07) is 8.52. The Bertz CT molecular complexity index is 1120. The minimum Gasteiger partial charge on any atom is -0.322 e. The van der Waals surface area contributed by atoms with Crippen molar-refractivity contribution in [2.24, 2.45) is 4.40 Å². The van der Waals surface area contributed by atoms with Crippen molar-refractivity contribution in [3.05, 3.63) is 52.5 Å². The summed E-state index contributed by atoms with van der Waals surface area (Å²) in [4.78, 5) is 23.6. The number of hydrogen-bond acceptors (Lipinski definition) is 7. The molecule has 1 aliphatic heterocycles. The molecule has 0 aromatic heterocycles. The topological polar surface area (TPSA) is 149 Å². The van der Waals surface area contributed by atoms with Crippen LogP contribution in [0.25, 0.3) is 0 Å². The first-order valence-corrected chi connectivity index (χ1v) is 10.5. The number of amides is 3. The van der Waals surface area contributed by atoms with Gasteiger partial charge in [-0.25, -0.2) is 15.7 Å². The van der Waals surface area contributed by atoms with E-state index in [4.69, 9.17) is 16.8 Å². The SMILES string of the molecule is Cc1ccc(NC(=O)c2cc3c(cc2Cl)SC(NNC(=O)NO)=NS3(=O)=O)cc1. The fourth-order valence-corrected chi connectivity index (χ4v) is 5.08. The number of fused-ring (bicyclic) bond motifs is 1. The van der Waals surface area contributed by atoms with E-state index in [2.05, 4.69) is 15.1 Å². The standard InChI is InChI=1S/C16H14ClN5O5S2/c1-8-2-4-9(5-3-8)18-14(23)10-6-13-12(7-11(10)17)28-16(22-29(13,26)27)20-19-15(24)21-25/h2-7,25H,1H3,(H,18,23)(H,20,22)(H2,19,21,24). The summed E-state index contributed by atoms with van der Waals surface area (Å²) in [5, 5.41) is 11.0. The molecule has 0 bridgehead atoms. The quantitative estimate of drug-likeness (QED) is 0.344. The van der Waals surface area contributed by atoms with E-state index < -0.39 is 22.0 Å². The largest absolute Gasteiger partial charge is 0.357 e. The maximum absolute atomic E-state index is 12.6. The third kappa shape index (κ3) is 4.79. The number of carbonyl (C=O) groups is 2. The minimum absolute atomic E-state index is 0.0282. The maximum atomic E-state index is 12.6. The molecule has 1 aliphatic rings. The van der Waals surface area contributed by atoms with Crippen molar-refractivity contribution in [3.8, 4) is 0 Å². The van der Waals surface area contributed by atoms with Gasteiger partial charge in [-0.2, -0.15) is 8.42 Å². The van der Waals surface area contributed by atoms with Crippen LogP contribution >= 0.6 is 23.4 Å². The van der Waals surface area contributed by atoms with Gasteiger partial charge in [0.15, 0.2) is 5.17 Å². The van der Waals surface area contributed by atoms with Crippen LogP contribution in [0, 0.1) is 6.92 Å². The smallest absolute Gasteiger partial charge is 0.322 e. The van der Waals surface area contributed by atoms with Crippen LogP contribution in [0.4, 0.5) is 10.5 Å². The molecule has 3 rings (SSSR count). The number of aryl methyl sites for hydroxylation is 1. The first kappa shape index (κ1) is 20.9. The number of hydrogen-bond donors (Lipinski definition) is 5. The number of carbonyl (C=O) groups excluding carboxylic acids is 2. The van der Waals surface area contributed by atoms with Crippen LogP contribution < -0.4 is 21.6 Å². The van der Waals surface area contributed by atoms with Gasteiger partial charge in [0.05, 0.1) is 10.6 Å². The van der Waals surface area contributed by atoms with E-state index in [9.17, 15) is 18.0 Å². The van der Waals surface area contributed by atoms with Crippen molar-refractivity contribution < 1.29 is 23.2 Å². The lowest BCUT2D eigenvalue weighted by atomic mass is 10.2. The number of anilines is 1. The van der Waals surface area contributed by atoms with Crippen LogP contribution in [-0.2, 0) is 10.0 Å². The molecule has 0 aliphatic carbocycles. The van der Waals surface area contributed by atoms with Crippen LogP contribution in [0.15, 0.2) is 50.6 Å². The van der Waals surface area contributed by atoms with Gasteiger partial charge in [-0.05, 0) is 43.0 Å². The van der Waals surface area contributed by atoms with Gasteiger partial charge in [-0.1, -0.05) is 29.3 Å². The van der Waals surface area contributed by atoms with E-state index in [-0.39, 0.29) is 25.5 Å². The second-order valence-electron chi connectivity index (χ2n) is 5.76. The number of nitrogens with zero attached hydrogens (tertiary/aromatic N) is 1. The van der Waals surface area contributed by atoms with Gasteiger partial charge >= 0.3 is 6.03 Å². The molecule has 0 fully saturated rings. The average molecular weight is 456 g/mol. The number of amidine groups is 1. The first-order chi connectivity index (χ1) is 13.7. The molecular formula is C16H14ClN5O5S2. The van der Waals surface area contributed by atoms with E-state index in [0.717, 1.165) is 23.4 Å². The molecule has 0 saturated heterocycles. The summed E-state index contributed by atoms with van der Waals surface area (Å²) in [6.07, 6.45) is 0. The Balaban J connectivity index is 1.87. The molecule has 13 heteroatoms. The fraction of sp³-hybridized carbons (Fsp3) is 0.0625. The molecule has 152 valence electrons. The summed E-state index contributed by atoms with van der Waals surface area (Å²) < 4.78 is 28.5. The van der Waals surface area contributed by atoms with Crippen molar-refractivity contribution in [1.29, 1.82) is 0 Å². The Morgan fingerprint density at radius 1 is 1.17 bits per heavy atom. The molecule has 10 nitrogen and oxygen atoms in total. The predicted octanol–water partition coefficient (Wildman–Crippen LogP) is 2.24. The Morgan fingerprint density at radius 3 is 2.52 bits per heavy atom. The summed E-state index contributed by atoms with van der Waals surface area (Å²) in [6.45, 7) is 1.91. The van der Waals surface area contributed by atoms with E-state index in [1.165, 1.54) is 11.5 Å². The van der Waals surface area contributed by atoms with E-state index >= 15 is 0 Å². The molecule has 1 heterocycles. The number of hydroxylamine groups is 1. The number of nitrogens with one attached hydrogen (secondary N) is 4. The minimum atomic E-state index is -4.17. The number of thioether (sulfide) groups is 1. The zero-order valence-electron chi connectivity index (χ0n) is 14.7. The fourth-order valence-electron chi connectivity index (χ4n) is 2.29. The molecule has 29 heavy (non-hydrogen) atoms. The van der Waals surface area contributed by atoms with Gasteiger partial charge in [0.1, 0.15) is 4.90 Å². The molecule has 0 unspecified atom stereocenters. The summed E-state index contributed by atoms with van der Waals surface area (Å²) >= 11 is 7.07. The molecule has 0 radical (unpaired) electrons. The van der Waals surface area contributed by atoms with Crippen molar-refractivity contribution in [1.82, 2.24) is 16.3 Å². The van der Waals surface area contributed by atoms with Gasteiger partial charge in [0.25, 0.3) is 15.9 Å². The monoisotopic (exact) mass is 455 g/mol. The highest BCUT2D eigenvalue weighted by Crippen LogP contribution is 2.37. The van der Waals surface area contributed by atoms with Crippen molar-refractivity contribution in [3.63, 3.8) is 0 Å². The molecule has 0 atom stereocenters. The highest BCUT2D eigenvalue weighted by Gasteiger charge is 2.29. The number of halogens is 1. The van der Waals surface area contributed by atoms with Gasteiger partial charge in [-0.15, -0.1) is 4.40 Å². The Hall–Kier alpha value is -2.80. The molecular weight excluding hydrogens is 442 g/mol. The molecule has 2 aromatic rings. The molecule has 5 N–H and O–H groups in total. The van der Waals surface area contributed by atoms with Crippen LogP contribution in [0.3, 0.4) is 0 Å². The zero-order valence-corrected chi connectivity index (χ0v) is 17.1. The lowest BCUT2D eigenvalue weighted by Gasteiger charge is -2.18. The van der Waals surface area contributed by atoms with Gasteiger partial charge in [-0.3, -0.25) is 15.4 Å². The Morgan fingerprint density at radius 2 is 1.86 bits per heavy atom. The molecule has 2 aromatic carbocycles. The number of sulfonamides is 1. The maximum Gasteiger partial charge on any atom is 0.357 e. The third-order valence-electron chi connectivity index (χ3n) is 3.66. The number of rotatable bonds is 2. The third-order valence-corrected chi connectivity index (χ3v) is 6.48. The lowest BCUT2D eigenvalue weighted by Crippen LogP contribution is -2.45. The van der Waals surface area contributed by atoms with Gasteiger partial charge < -0.3 is 5.32 Å². The first-order valence-electron chi connectivity index (χ1n) is 7.90. The normalized spacial score (nSPS) is 14.2. The van der Waals surface area contributed by atoms with E-state index in [1.54, 1.807) is 12.1 Å². The van der Waals surface area contributed by atoms with Crippen molar-refractivity contribution in [2.45, 2.75) is 16.7 Å².